The summed E-state index contributed by atoms with van der Waals surface area (Å²) in [6, 6.07) is 4.91. The van der Waals surface area contributed by atoms with Crippen LogP contribution in [0.3, 0.4) is 0 Å². The zero-order valence-corrected chi connectivity index (χ0v) is 12.6. The van der Waals surface area contributed by atoms with Crippen molar-refractivity contribution < 1.29 is 9.53 Å². The molecule has 1 aromatic carbocycles. The minimum absolute atomic E-state index is 0.0284. The lowest BCUT2D eigenvalue weighted by atomic mass is 10.1. The number of benzene rings is 1. The predicted octanol–water partition coefficient (Wildman–Crippen LogP) is 3.23. The third-order valence-electron chi connectivity index (χ3n) is 2.76. The average molecular weight is 353 g/mol. The Labute approximate surface area is 124 Å². The summed E-state index contributed by atoms with van der Waals surface area (Å²) >= 11 is 15.3. The van der Waals surface area contributed by atoms with Gasteiger partial charge >= 0.3 is 0 Å². The van der Waals surface area contributed by atoms with Gasteiger partial charge in [-0.3, -0.25) is 4.79 Å². The predicted molar refractivity (Wildman–Crippen MR) is 75.9 cm³/mol. The Bertz CT molecular complexity index is 456. The van der Waals surface area contributed by atoms with Gasteiger partial charge in [0, 0.05) is 23.4 Å². The molecule has 1 heterocycles. The van der Waals surface area contributed by atoms with Gasteiger partial charge in [0.05, 0.1) is 23.3 Å². The first-order valence-corrected chi connectivity index (χ1v) is 7.41. The molecule has 1 atom stereocenters. The topological polar surface area (TPSA) is 29.5 Å². The van der Waals surface area contributed by atoms with Gasteiger partial charge in [0.25, 0.3) is 5.91 Å². The van der Waals surface area contributed by atoms with Crippen molar-refractivity contribution in [1.82, 2.24) is 4.90 Å². The van der Waals surface area contributed by atoms with Crippen molar-refractivity contribution in [2.24, 2.45) is 0 Å². The first-order valence-electron chi connectivity index (χ1n) is 5.53. The van der Waals surface area contributed by atoms with Crippen molar-refractivity contribution in [2.75, 3.05) is 25.0 Å². The fourth-order valence-electron chi connectivity index (χ4n) is 1.83. The summed E-state index contributed by atoms with van der Waals surface area (Å²) in [6.45, 7) is 1.68. The third-order valence-corrected chi connectivity index (χ3v) is 4.04. The maximum Gasteiger partial charge on any atom is 0.255 e. The molecule has 3 nitrogen and oxygen atoms in total. The smallest absolute Gasteiger partial charge is 0.255 e. The average Bonchev–Trinajstić information content (AvgIpc) is 2.41. The molecule has 0 saturated carbocycles. The lowest BCUT2D eigenvalue weighted by molar-refractivity contribution is -0.00964. The van der Waals surface area contributed by atoms with Crippen molar-refractivity contribution >= 4 is 45.0 Å². The van der Waals surface area contributed by atoms with Gasteiger partial charge in [-0.25, -0.2) is 0 Å². The number of carbonyl (C=O) groups is 1. The van der Waals surface area contributed by atoms with Crippen LogP contribution in [0.5, 0.6) is 0 Å². The van der Waals surface area contributed by atoms with E-state index in [1.807, 2.05) is 0 Å². The number of hydrogen-bond acceptors (Lipinski definition) is 2. The van der Waals surface area contributed by atoms with Crippen LogP contribution in [0.1, 0.15) is 10.4 Å². The van der Waals surface area contributed by atoms with E-state index in [9.17, 15) is 4.79 Å². The van der Waals surface area contributed by atoms with Crippen molar-refractivity contribution in [3.8, 4) is 0 Å². The van der Waals surface area contributed by atoms with Crippen LogP contribution < -0.4 is 0 Å². The van der Waals surface area contributed by atoms with Crippen molar-refractivity contribution in [1.29, 1.82) is 0 Å². The molecule has 18 heavy (non-hydrogen) atoms. The second-order valence-corrected chi connectivity index (χ2v) is 5.51. The van der Waals surface area contributed by atoms with Crippen LogP contribution in [0.25, 0.3) is 0 Å². The van der Waals surface area contributed by atoms with Gasteiger partial charge in [-0.2, -0.15) is 0 Å². The first-order chi connectivity index (χ1) is 8.61. The normalized spacial score (nSPS) is 19.9. The number of ether oxygens (including phenoxy) is 1. The van der Waals surface area contributed by atoms with Gasteiger partial charge in [0.15, 0.2) is 0 Å². The molecule has 1 fully saturated rings. The molecule has 2 rings (SSSR count). The Morgan fingerprint density at radius 2 is 2.28 bits per heavy atom. The number of morpholine rings is 1. The lowest BCUT2D eigenvalue weighted by Crippen LogP contribution is -2.46. The standard InChI is InChI=1S/C12H12BrCl2NO2/c13-6-9-7-16(3-4-18-9)12(17)10-5-8(14)1-2-11(10)15/h1-2,5,9H,3-4,6-7H2. The van der Waals surface area contributed by atoms with E-state index >= 15 is 0 Å². The van der Waals surface area contributed by atoms with E-state index in [4.69, 9.17) is 27.9 Å². The SMILES string of the molecule is O=C(c1cc(Cl)ccc1Cl)N1CCOC(CBr)C1. The molecule has 0 radical (unpaired) electrons. The maximum atomic E-state index is 12.3. The van der Waals surface area contributed by atoms with Gasteiger partial charge in [0.1, 0.15) is 0 Å². The largest absolute Gasteiger partial charge is 0.374 e. The lowest BCUT2D eigenvalue weighted by Gasteiger charge is -2.32. The van der Waals surface area contributed by atoms with Crippen LogP contribution in [0.2, 0.25) is 10.0 Å². The van der Waals surface area contributed by atoms with E-state index in [0.29, 0.717) is 40.6 Å². The quantitative estimate of drug-likeness (QED) is 0.765. The fraction of sp³-hybridized carbons (Fsp3) is 0.417. The molecule has 1 aromatic rings. The minimum atomic E-state index is -0.100. The highest BCUT2D eigenvalue weighted by atomic mass is 79.9. The summed E-state index contributed by atoms with van der Waals surface area (Å²) in [4.78, 5) is 14.1. The molecule has 1 amide bonds. The van der Waals surface area contributed by atoms with E-state index in [0.717, 1.165) is 0 Å². The summed E-state index contributed by atoms with van der Waals surface area (Å²) in [5.74, 6) is -0.100. The highest BCUT2D eigenvalue weighted by molar-refractivity contribution is 9.09. The Morgan fingerprint density at radius 1 is 1.50 bits per heavy atom. The van der Waals surface area contributed by atoms with E-state index < -0.39 is 0 Å². The van der Waals surface area contributed by atoms with Crippen molar-refractivity contribution in [3.05, 3.63) is 33.8 Å². The molecule has 1 unspecified atom stereocenters. The van der Waals surface area contributed by atoms with Gasteiger partial charge in [-0.05, 0) is 18.2 Å². The molecule has 1 aliphatic rings. The Morgan fingerprint density at radius 3 is 3.00 bits per heavy atom. The summed E-state index contributed by atoms with van der Waals surface area (Å²) in [6.07, 6.45) is 0.0284. The molecular weight excluding hydrogens is 341 g/mol. The molecule has 0 aromatic heterocycles. The van der Waals surface area contributed by atoms with E-state index in [1.54, 1.807) is 23.1 Å². The maximum absolute atomic E-state index is 12.3. The van der Waals surface area contributed by atoms with Crippen LogP contribution in [0.15, 0.2) is 18.2 Å². The number of amides is 1. The molecule has 98 valence electrons. The molecule has 6 heteroatoms. The molecule has 0 spiro atoms. The first kappa shape index (κ1) is 14.1. The molecular formula is C12H12BrCl2NO2. The highest BCUT2D eigenvalue weighted by Gasteiger charge is 2.25. The summed E-state index contributed by atoms with van der Waals surface area (Å²) < 4.78 is 5.50. The van der Waals surface area contributed by atoms with Crippen LogP contribution in [0, 0.1) is 0 Å². The number of hydrogen-bond donors (Lipinski definition) is 0. The highest BCUT2D eigenvalue weighted by Crippen LogP contribution is 2.23. The number of halogens is 3. The second kappa shape index (κ2) is 6.24. The van der Waals surface area contributed by atoms with E-state index in [-0.39, 0.29) is 12.0 Å². The van der Waals surface area contributed by atoms with Crippen molar-refractivity contribution in [3.63, 3.8) is 0 Å². The van der Waals surface area contributed by atoms with Crippen LogP contribution >= 0.6 is 39.1 Å². The molecule has 1 aliphatic heterocycles. The van der Waals surface area contributed by atoms with Gasteiger partial charge in [-0.1, -0.05) is 39.1 Å². The van der Waals surface area contributed by atoms with Crippen molar-refractivity contribution in [2.45, 2.75) is 6.10 Å². The fourth-order valence-corrected chi connectivity index (χ4v) is 2.59. The van der Waals surface area contributed by atoms with Crippen LogP contribution in [0.4, 0.5) is 0 Å². The molecule has 0 bridgehead atoms. The number of nitrogens with zero attached hydrogens (tertiary/aromatic N) is 1. The summed E-state index contributed by atoms with van der Waals surface area (Å²) in [5, 5.41) is 1.64. The van der Waals surface area contributed by atoms with Gasteiger partial charge in [0.2, 0.25) is 0 Å². The molecule has 0 aliphatic carbocycles. The van der Waals surface area contributed by atoms with E-state index in [2.05, 4.69) is 15.9 Å². The summed E-state index contributed by atoms with van der Waals surface area (Å²) in [5.41, 5.74) is 0.444. The number of carbonyl (C=O) groups excluding carboxylic acids is 1. The van der Waals surface area contributed by atoms with Crippen LogP contribution in [-0.4, -0.2) is 41.9 Å². The van der Waals surface area contributed by atoms with Gasteiger partial charge in [-0.15, -0.1) is 0 Å². The zero-order valence-electron chi connectivity index (χ0n) is 9.54. The van der Waals surface area contributed by atoms with Crippen LogP contribution in [-0.2, 0) is 4.74 Å². The number of rotatable bonds is 2. The minimum Gasteiger partial charge on any atom is -0.374 e. The Hall–Kier alpha value is -0.290. The zero-order chi connectivity index (χ0) is 13.1. The molecule has 0 N–H and O–H groups in total. The Balaban J connectivity index is 2.17. The summed E-state index contributed by atoms with van der Waals surface area (Å²) in [7, 11) is 0. The van der Waals surface area contributed by atoms with Gasteiger partial charge < -0.3 is 9.64 Å². The molecule has 1 saturated heterocycles. The number of alkyl halides is 1. The monoisotopic (exact) mass is 351 g/mol. The van der Waals surface area contributed by atoms with E-state index in [1.165, 1.54) is 0 Å². The Kier molecular flexibility index (Phi) is 4.90. The third kappa shape index (κ3) is 3.18. The second-order valence-electron chi connectivity index (χ2n) is 4.02.